The highest BCUT2D eigenvalue weighted by molar-refractivity contribution is 7.91. The van der Waals surface area contributed by atoms with Gasteiger partial charge in [0.05, 0.1) is 17.6 Å². The van der Waals surface area contributed by atoms with Gasteiger partial charge in [-0.3, -0.25) is 4.98 Å². The van der Waals surface area contributed by atoms with E-state index in [1.165, 1.54) is 4.52 Å². The van der Waals surface area contributed by atoms with Gasteiger partial charge < -0.3 is 16.0 Å². The number of benzene rings is 1. The number of nitrogens with one attached hydrogen (secondary N) is 1. The van der Waals surface area contributed by atoms with Crippen molar-refractivity contribution in [3.8, 4) is 22.4 Å². The minimum Gasteiger partial charge on any atom is -0.382 e. The van der Waals surface area contributed by atoms with Crippen molar-refractivity contribution in [3.63, 3.8) is 0 Å². The van der Waals surface area contributed by atoms with Crippen molar-refractivity contribution in [2.75, 3.05) is 19.0 Å². The summed E-state index contributed by atoms with van der Waals surface area (Å²) in [6, 6.07) is 13.8. The van der Waals surface area contributed by atoms with Gasteiger partial charge in [0.2, 0.25) is 0 Å². The van der Waals surface area contributed by atoms with Gasteiger partial charge in [-0.15, -0.1) is 0 Å². The number of piperidine rings is 1. The lowest BCUT2D eigenvalue weighted by molar-refractivity contribution is 0.138. The summed E-state index contributed by atoms with van der Waals surface area (Å²) >= 11 is 0. The second-order valence-corrected chi connectivity index (χ2v) is 12.0. The molecule has 2 aliphatic heterocycles. The zero-order valence-electron chi connectivity index (χ0n) is 21.2. The van der Waals surface area contributed by atoms with Crippen molar-refractivity contribution in [1.29, 1.82) is 0 Å². The lowest BCUT2D eigenvalue weighted by Crippen LogP contribution is -2.49. The summed E-state index contributed by atoms with van der Waals surface area (Å²) in [6.07, 6.45) is 7.60. The van der Waals surface area contributed by atoms with Crippen LogP contribution in [0.1, 0.15) is 37.3 Å². The van der Waals surface area contributed by atoms with Crippen molar-refractivity contribution in [2.45, 2.75) is 48.6 Å². The van der Waals surface area contributed by atoms with E-state index >= 15 is 0 Å². The number of amides is 2. The van der Waals surface area contributed by atoms with Gasteiger partial charge in [-0.1, -0.05) is 36.4 Å². The quantitative estimate of drug-likeness (QED) is 0.411. The molecule has 196 valence electrons. The summed E-state index contributed by atoms with van der Waals surface area (Å²) in [7, 11) is -2.07. The van der Waals surface area contributed by atoms with Gasteiger partial charge in [0.15, 0.2) is 15.5 Å². The fraction of sp³-hybridized carbons (Fsp3) is 0.333. The first kappa shape index (κ1) is 24.4. The maximum absolute atomic E-state index is 13.0. The van der Waals surface area contributed by atoms with Crippen LogP contribution >= 0.6 is 0 Å². The number of carbonyl (C=O) groups excluding carboxylic acids is 1. The molecule has 6 rings (SSSR count). The van der Waals surface area contributed by atoms with Gasteiger partial charge in [-0.25, -0.2) is 18.2 Å². The lowest BCUT2D eigenvalue weighted by Gasteiger charge is -2.38. The number of sulfone groups is 1. The summed E-state index contributed by atoms with van der Waals surface area (Å²) in [4.78, 5) is 24.0. The largest absolute Gasteiger partial charge is 0.382 e. The number of rotatable bonds is 4. The standard InChI is InChI=1S/C27H29N7O3S/c1-29-27(35)33-19-9-10-20(33)13-18(12-19)23-24(38(2,36)37)25(28)34-26(32-23)21(15-31-34)17-8-11-22(30-14-17)16-6-4-3-5-7-16/h3-8,11,14-15,18-20H,9-10,12-13,28H2,1-2H3,(H,29,35)/t18-,19+,20?/m1/s1. The van der Waals surface area contributed by atoms with Crippen molar-refractivity contribution < 1.29 is 13.2 Å². The molecular formula is C27H29N7O3S. The first-order valence-corrected chi connectivity index (χ1v) is 14.5. The molecule has 2 saturated heterocycles. The monoisotopic (exact) mass is 531 g/mol. The molecular weight excluding hydrogens is 502 g/mol. The van der Waals surface area contributed by atoms with Crippen LogP contribution < -0.4 is 11.1 Å². The maximum Gasteiger partial charge on any atom is 0.317 e. The summed E-state index contributed by atoms with van der Waals surface area (Å²) in [5.74, 6) is -0.0968. The fourth-order valence-corrected chi connectivity index (χ4v) is 7.13. The minimum absolute atomic E-state index is 0.0231. The number of fused-ring (bicyclic) bond motifs is 3. The predicted molar refractivity (Wildman–Crippen MR) is 144 cm³/mol. The van der Waals surface area contributed by atoms with E-state index in [2.05, 4.69) is 15.4 Å². The number of nitrogens with two attached hydrogens (primary N) is 1. The topological polar surface area (TPSA) is 136 Å². The van der Waals surface area contributed by atoms with Crippen LogP contribution in [0.2, 0.25) is 0 Å². The van der Waals surface area contributed by atoms with Gasteiger partial charge in [0, 0.05) is 54.2 Å². The predicted octanol–water partition coefficient (Wildman–Crippen LogP) is 3.49. The highest BCUT2D eigenvalue weighted by Gasteiger charge is 2.45. The molecule has 2 aliphatic rings. The van der Waals surface area contributed by atoms with E-state index in [-0.39, 0.29) is 34.7 Å². The molecule has 3 atom stereocenters. The van der Waals surface area contributed by atoms with E-state index in [0.29, 0.717) is 24.2 Å². The van der Waals surface area contributed by atoms with E-state index in [1.54, 1.807) is 19.4 Å². The number of hydrogen-bond donors (Lipinski definition) is 2. The van der Waals surface area contributed by atoms with E-state index < -0.39 is 9.84 Å². The number of hydrogen-bond acceptors (Lipinski definition) is 7. The Hall–Kier alpha value is -3.99. The Morgan fingerprint density at radius 1 is 1.03 bits per heavy atom. The van der Waals surface area contributed by atoms with E-state index in [0.717, 1.165) is 41.5 Å². The number of anilines is 1. The highest BCUT2D eigenvalue weighted by atomic mass is 32.2. The third-order valence-electron chi connectivity index (χ3n) is 7.75. The van der Waals surface area contributed by atoms with E-state index in [1.807, 2.05) is 47.4 Å². The summed E-state index contributed by atoms with van der Waals surface area (Å²) < 4.78 is 27.3. The van der Waals surface area contributed by atoms with Gasteiger partial charge >= 0.3 is 6.03 Å². The molecule has 4 aromatic rings. The molecule has 2 fully saturated rings. The first-order valence-electron chi connectivity index (χ1n) is 12.6. The van der Waals surface area contributed by atoms with Crippen LogP contribution in [0.25, 0.3) is 28.0 Å². The van der Waals surface area contributed by atoms with Crippen molar-refractivity contribution >= 4 is 27.3 Å². The highest BCUT2D eigenvalue weighted by Crippen LogP contribution is 2.45. The third kappa shape index (κ3) is 3.97. The average molecular weight is 532 g/mol. The fourth-order valence-electron chi connectivity index (χ4n) is 6.07. The van der Waals surface area contributed by atoms with Crippen LogP contribution in [0, 0.1) is 0 Å². The zero-order valence-corrected chi connectivity index (χ0v) is 22.0. The first-order chi connectivity index (χ1) is 18.3. The number of nitrogen functional groups attached to an aromatic ring is 1. The van der Waals surface area contributed by atoms with Crippen molar-refractivity contribution in [2.24, 2.45) is 0 Å². The van der Waals surface area contributed by atoms with Gasteiger partial charge in [0.1, 0.15) is 10.7 Å². The molecule has 2 bridgehead atoms. The van der Waals surface area contributed by atoms with Crippen molar-refractivity contribution in [1.82, 2.24) is 29.8 Å². The Balaban J connectivity index is 1.44. The summed E-state index contributed by atoms with van der Waals surface area (Å²) in [5, 5.41) is 7.13. The molecule has 11 heteroatoms. The second-order valence-electron chi connectivity index (χ2n) is 10.1. The lowest BCUT2D eigenvalue weighted by atomic mass is 9.88. The molecule has 0 spiro atoms. The summed E-state index contributed by atoms with van der Waals surface area (Å²) in [5.41, 5.74) is 10.8. The van der Waals surface area contributed by atoms with Gasteiger partial charge in [-0.2, -0.15) is 9.61 Å². The van der Waals surface area contributed by atoms with E-state index in [4.69, 9.17) is 10.7 Å². The average Bonchev–Trinajstić information content (AvgIpc) is 3.46. The molecule has 38 heavy (non-hydrogen) atoms. The van der Waals surface area contributed by atoms with Crippen LogP contribution in [0.5, 0.6) is 0 Å². The smallest absolute Gasteiger partial charge is 0.317 e. The normalized spacial score (nSPS) is 21.1. The zero-order chi connectivity index (χ0) is 26.6. The molecule has 3 N–H and O–H groups in total. The molecule has 5 heterocycles. The second kappa shape index (κ2) is 9.09. The SMILES string of the molecule is CNC(=O)N1C2CC[C@H]1C[C@@H](c1nc3c(-c4ccc(-c5ccccc5)nc4)cnn3c(N)c1S(C)(=O)=O)C2. The van der Waals surface area contributed by atoms with Crippen molar-refractivity contribution in [3.05, 3.63) is 60.6 Å². The van der Waals surface area contributed by atoms with Gasteiger partial charge in [0.25, 0.3) is 0 Å². The molecule has 1 aromatic carbocycles. The van der Waals surface area contributed by atoms with Crippen LogP contribution in [0.3, 0.4) is 0 Å². The number of urea groups is 1. The Morgan fingerprint density at radius 2 is 1.74 bits per heavy atom. The summed E-state index contributed by atoms with van der Waals surface area (Å²) in [6.45, 7) is 0. The Labute approximate surface area is 220 Å². The van der Waals surface area contributed by atoms with Crippen LogP contribution in [0.15, 0.2) is 59.8 Å². The Morgan fingerprint density at radius 3 is 2.34 bits per heavy atom. The van der Waals surface area contributed by atoms with Crippen LogP contribution in [-0.4, -0.2) is 64.3 Å². The molecule has 3 aromatic heterocycles. The molecule has 0 saturated carbocycles. The Bertz CT molecular complexity index is 1620. The Kier molecular flexibility index (Phi) is 5.82. The number of carbonyl (C=O) groups is 1. The maximum atomic E-state index is 13.0. The van der Waals surface area contributed by atoms with Crippen LogP contribution in [0.4, 0.5) is 10.6 Å². The van der Waals surface area contributed by atoms with Crippen LogP contribution in [-0.2, 0) is 9.84 Å². The third-order valence-corrected chi connectivity index (χ3v) is 8.91. The minimum atomic E-state index is -3.70. The molecule has 10 nitrogen and oxygen atoms in total. The number of pyridine rings is 1. The molecule has 1 unspecified atom stereocenters. The molecule has 0 aliphatic carbocycles. The van der Waals surface area contributed by atoms with E-state index in [9.17, 15) is 13.2 Å². The molecule has 2 amide bonds. The number of nitrogens with zero attached hydrogens (tertiary/aromatic N) is 5. The number of aromatic nitrogens is 4. The molecule has 0 radical (unpaired) electrons. The van der Waals surface area contributed by atoms with Gasteiger partial charge in [-0.05, 0) is 31.7 Å².